The van der Waals surface area contributed by atoms with E-state index in [4.69, 9.17) is 10.5 Å². The molecule has 1 aliphatic heterocycles. The smallest absolute Gasteiger partial charge is 0.0779 e. The summed E-state index contributed by atoms with van der Waals surface area (Å²) in [4.78, 5) is 0. The second-order valence-electron chi connectivity index (χ2n) is 5.95. The van der Waals surface area contributed by atoms with Crippen molar-refractivity contribution in [3.8, 4) is 0 Å². The molecular formula is C15H32N2O. The van der Waals surface area contributed by atoms with Crippen molar-refractivity contribution >= 4 is 0 Å². The lowest BCUT2D eigenvalue weighted by molar-refractivity contribution is 0.0209. The van der Waals surface area contributed by atoms with Crippen LogP contribution in [0.1, 0.15) is 58.8 Å². The second kappa shape index (κ2) is 8.89. The first-order chi connectivity index (χ1) is 8.70. The molecule has 18 heavy (non-hydrogen) atoms. The normalized spacial score (nSPS) is 25.5. The van der Waals surface area contributed by atoms with E-state index in [9.17, 15) is 0 Å². The predicted octanol–water partition coefficient (Wildman–Crippen LogP) is 2.69. The molecule has 0 radical (unpaired) electrons. The third kappa shape index (κ3) is 6.17. The summed E-state index contributed by atoms with van der Waals surface area (Å²) in [6, 6.07) is 0. The van der Waals surface area contributed by atoms with Crippen molar-refractivity contribution in [1.82, 2.24) is 5.32 Å². The SMILES string of the molecule is CCCC(CCN)CCCNCC1(C)CCCO1. The number of rotatable bonds is 10. The van der Waals surface area contributed by atoms with Crippen LogP contribution >= 0.6 is 0 Å². The Morgan fingerprint density at radius 1 is 1.33 bits per heavy atom. The molecule has 3 nitrogen and oxygen atoms in total. The van der Waals surface area contributed by atoms with Crippen LogP contribution in [0.2, 0.25) is 0 Å². The lowest BCUT2D eigenvalue weighted by Crippen LogP contribution is -2.37. The summed E-state index contributed by atoms with van der Waals surface area (Å²) in [5, 5.41) is 3.55. The minimum atomic E-state index is 0.0973. The first kappa shape index (κ1) is 15.9. The van der Waals surface area contributed by atoms with E-state index < -0.39 is 0 Å². The van der Waals surface area contributed by atoms with Crippen molar-refractivity contribution < 1.29 is 4.74 Å². The summed E-state index contributed by atoms with van der Waals surface area (Å²) in [6.07, 6.45) is 8.80. The Hall–Kier alpha value is -0.120. The Balaban J connectivity index is 2.02. The van der Waals surface area contributed by atoms with Gasteiger partial charge >= 0.3 is 0 Å². The molecule has 1 rings (SSSR count). The molecule has 1 aliphatic rings. The summed E-state index contributed by atoms with van der Waals surface area (Å²) in [5.41, 5.74) is 5.76. The minimum absolute atomic E-state index is 0.0973. The van der Waals surface area contributed by atoms with E-state index in [2.05, 4.69) is 19.2 Å². The third-order valence-corrected chi connectivity index (χ3v) is 4.04. The van der Waals surface area contributed by atoms with Gasteiger partial charge in [0.2, 0.25) is 0 Å². The lowest BCUT2D eigenvalue weighted by Gasteiger charge is -2.23. The molecule has 2 atom stereocenters. The molecule has 0 aliphatic carbocycles. The van der Waals surface area contributed by atoms with Crippen LogP contribution in [0.15, 0.2) is 0 Å². The molecule has 0 aromatic heterocycles. The van der Waals surface area contributed by atoms with Gasteiger partial charge in [-0.1, -0.05) is 19.8 Å². The third-order valence-electron chi connectivity index (χ3n) is 4.04. The van der Waals surface area contributed by atoms with Crippen molar-refractivity contribution in [3.05, 3.63) is 0 Å². The molecule has 0 aromatic rings. The van der Waals surface area contributed by atoms with Gasteiger partial charge in [0.1, 0.15) is 0 Å². The quantitative estimate of drug-likeness (QED) is 0.591. The number of hydrogen-bond donors (Lipinski definition) is 2. The van der Waals surface area contributed by atoms with Crippen LogP contribution < -0.4 is 11.1 Å². The summed E-state index contributed by atoms with van der Waals surface area (Å²) in [6.45, 7) is 8.38. The van der Waals surface area contributed by atoms with E-state index in [-0.39, 0.29) is 5.60 Å². The molecule has 0 bridgehead atoms. The van der Waals surface area contributed by atoms with Crippen LogP contribution in [0.4, 0.5) is 0 Å². The topological polar surface area (TPSA) is 47.3 Å². The zero-order chi connectivity index (χ0) is 13.3. The molecule has 3 heteroatoms. The highest BCUT2D eigenvalue weighted by atomic mass is 16.5. The maximum atomic E-state index is 5.77. The van der Waals surface area contributed by atoms with Crippen molar-refractivity contribution in [2.75, 3.05) is 26.2 Å². The summed E-state index contributed by atoms with van der Waals surface area (Å²) < 4.78 is 5.77. The van der Waals surface area contributed by atoms with E-state index >= 15 is 0 Å². The summed E-state index contributed by atoms with van der Waals surface area (Å²) >= 11 is 0. The van der Waals surface area contributed by atoms with Crippen molar-refractivity contribution in [3.63, 3.8) is 0 Å². The number of nitrogens with two attached hydrogens (primary N) is 1. The molecule has 1 heterocycles. The Kier molecular flexibility index (Phi) is 7.87. The Labute approximate surface area is 113 Å². The molecule has 0 aromatic carbocycles. The molecule has 0 spiro atoms. The molecule has 3 N–H and O–H groups in total. The van der Waals surface area contributed by atoms with Crippen LogP contribution in [0, 0.1) is 5.92 Å². The first-order valence-corrected chi connectivity index (χ1v) is 7.75. The maximum Gasteiger partial charge on any atom is 0.0779 e. The summed E-state index contributed by atoms with van der Waals surface area (Å²) in [7, 11) is 0. The van der Waals surface area contributed by atoms with Crippen molar-refractivity contribution in [1.29, 1.82) is 0 Å². The Bertz CT molecular complexity index is 197. The molecule has 108 valence electrons. The minimum Gasteiger partial charge on any atom is -0.374 e. The fraction of sp³-hybridized carbons (Fsp3) is 1.00. The predicted molar refractivity (Wildman–Crippen MR) is 77.8 cm³/mol. The van der Waals surface area contributed by atoms with E-state index in [1.165, 1.54) is 44.9 Å². The lowest BCUT2D eigenvalue weighted by atomic mass is 9.94. The van der Waals surface area contributed by atoms with E-state index in [0.29, 0.717) is 0 Å². The molecule has 2 unspecified atom stereocenters. The zero-order valence-electron chi connectivity index (χ0n) is 12.3. The average Bonchev–Trinajstić information content (AvgIpc) is 2.76. The largest absolute Gasteiger partial charge is 0.374 e. The molecular weight excluding hydrogens is 224 g/mol. The van der Waals surface area contributed by atoms with Gasteiger partial charge in [-0.3, -0.25) is 0 Å². The molecule has 0 amide bonds. The van der Waals surface area contributed by atoms with Gasteiger partial charge in [-0.05, 0) is 58.0 Å². The van der Waals surface area contributed by atoms with Gasteiger partial charge in [0.15, 0.2) is 0 Å². The Morgan fingerprint density at radius 3 is 2.78 bits per heavy atom. The highest BCUT2D eigenvalue weighted by Crippen LogP contribution is 2.24. The zero-order valence-corrected chi connectivity index (χ0v) is 12.3. The van der Waals surface area contributed by atoms with Gasteiger partial charge in [0.05, 0.1) is 5.60 Å². The van der Waals surface area contributed by atoms with Gasteiger partial charge in [0, 0.05) is 13.2 Å². The average molecular weight is 256 g/mol. The van der Waals surface area contributed by atoms with Crippen molar-refractivity contribution in [2.24, 2.45) is 11.7 Å². The van der Waals surface area contributed by atoms with E-state index in [1.54, 1.807) is 0 Å². The summed E-state index contributed by atoms with van der Waals surface area (Å²) in [5.74, 6) is 0.833. The van der Waals surface area contributed by atoms with Gasteiger partial charge < -0.3 is 15.8 Å². The number of hydrogen-bond acceptors (Lipinski definition) is 3. The van der Waals surface area contributed by atoms with Gasteiger partial charge in [-0.2, -0.15) is 0 Å². The van der Waals surface area contributed by atoms with Crippen LogP contribution in [0.25, 0.3) is 0 Å². The maximum absolute atomic E-state index is 5.77. The fourth-order valence-electron chi connectivity index (χ4n) is 2.92. The number of nitrogens with one attached hydrogen (secondary N) is 1. The van der Waals surface area contributed by atoms with Gasteiger partial charge in [0.25, 0.3) is 0 Å². The van der Waals surface area contributed by atoms with Gasteiger partial charge in [-0.25, -0.2) is 0 Å². The molecule has 0 saturated carbocycles. The highest BCUT2D eigenvalue weighted by Gasteiger charge is 2.28. The van der Waals surface area contributed by atoms with Crippen LogP contribution in [0.3, 0.4) is 0 Å². The standard InChI is InChI=1S/C15H32N2O/c1-3-6-14(8-10-16)7-4-11-17-13-15(2)9-5-12-18-15/h14,17H,3-13,16H2,1-2H3. The van der Waals surface area contributed by atoms with Crippen molar-refractivity contribution in [2.45, 2.75) is 64.4 Å². The monoisotopic (exact) mass is 256 g/mol. The second-order valence-corrected chi connectivity index (χ2v) is 5.95. The molecule has 1 fully saturated rings. The van der Waals surface area contributed by atoms with E-state index in [1.807, 2.05) is 0 Å². The van der Waals surface area contributed by atoms with Crippen LogP contribution in [-0.4, -0.2) is 31.8 Å². The van der Waals surface area contributed by atoms with Crippen LogP contribution in [-0.2, 0) is 4.74 Å². The molecule has 1 saturated heterocycles. The first-order valence-electron chi connectivity index (χ1n) is 7.75. The fourth-order valence-corrected chi connectivity index (χ4v) is 2.92. The van der Waals surface area contributed by atoms with Crippen LogP contribution in [0.5, 0.6) is 0 Å². The Morgan fingerprint density at radius 2 is 2.17 bits per heavy atom. The van der Waals surface area contributed by atoms with Gasteiger partial charge in [-0.15, -0.1) is 0 Å². The number of ether oxygens (including phenoxy) is 1. The highest BCUT2D eigenvalue weighted by molar-refractivity contribution is 4.82. The van der Waals surface area contributed by atoms with E-state index in [0.717, 1.165) is 32.2 Å².